The van der Waals surface area contributed by atoms with E-state index in [0.717, 1.165) is 25.7 Å². The summed E-state index contributed by atoms with van der Waals surface area (Å²) in [6, 6.07) is 0. The molecule has 1 saturated heterocycles. The van der Waals surface area contributed by atoms with Gasteiger partial charge >= 0.3 is 5.97 Å². The second-order valence-electron chi connectivity index (χ2n) is 6.57. The Hall–Kier alpha value is -0.950. The standard InChI is InChI=1S/C18H32O6/c1-2-14(20)17-12-15(21)16(24-17)11-10-13(19)8-6-4-3-5-7-9-18(22)23/h10-11,13-17,19-21H,2-9,12H2,1H3,(H,22,23)/b11-10+/t13-,14+,15-,16+,17-/m0/s1. The zero-order valence-electron chi connectivity index (χ0n) is 14.5. The molecule has 0 spiro atoms. The van der Waals surface area contributed by atoms with E-state index in [1.165, 1.54) is 0 Å². The Labute approximate surface area is 144 Å². The predicted molar refractivity (Wildman–Crippen MR) is 90.7 cm³/mol. The highest BCUT2D eigenvalue weighted by Crippen LogP contribution is 2.25. The number of aliphatic hydroxyl groups excluding tert-OH is 3. The summed E-state index contributed by atoms with van der Waals surface area (Å²) in [5.74, 6) is -0.749. The molecular formula is C18H32O6. The second kappa shape index (κ2) is 11.6. The van der Waals surface area contributed by atoms with E-state index in [-0.39, 0.29) is 12.5 Å². The molecule has 0 amide bonds. The molecule has 5 atom stereocenters. The molecule has 4 N–H and O–H groups in total. The molecule has 140 valence electrons. The van der Waals surface area contributed by atoms with Crippen LogP contribution in [-0.2, 0) is 9.53 Å². The fraction of sp³-hybridized carbons (Fsp3) is 0.833. The van der Waals surface area contributed by atoms with E-state index < -0.39 is 30.4 Å². The van der Waals surface area contributed by atoms with Crippen molar-refractivity contribution in [1.29, 1.82) is 0 Å². The maximum Gasteiger partial charge on any atom is 0.303 e. The van der Waals surface area contributed by atoms with Crippen molar-refractivity contribution in [1.82, 2.24) is 0 Å². The van der Waals surface area contributed by atoms with Crippen molar-refractivity contribution >= 4 is 5.97 Å². The zero-order chi connectivity index (χ0) is 17.9. The third-order valence-corrected chi connectivity index (χ3v) is 4.45. The lowest BCUT2D eigenvalue weighted by atomic mass is 10.0. The molecule has 6 heteroatoms. The van der Waals surface area contributed by atoms with Gasteiger partial charge < -0.3 is 25.2 Å². The highest BCUT2D eigenvalue weighted by molar-refractivity contribution is 5.66. The average molecular weight is 344 g/mol. The van der Waals surface area contributed by atoms with Gasteiger partial charge in [-0.2, -0.15) is 0 Å². The number of carboxylic acids is 1. The van der Waals surface area contributed by atoms with Crippen molar-refractivity contribution < 1.29 is 30.0 Å². The number of carboxylic acid groups (broad SMARTS) is 1. The van der Waals surface area contributed by atoms with Crippen LogP contribution in [0.25, 0.3) is 0 Å². The fourth-order valence-corrected chi connectivity index (χ4v) is 2.90. The van der Waals surface area contributed by atoms with Gasteiger partial charge in [0.1, 0.15) is 6.10 Å². The Balaban J connectivity index is 2.15. The lowest BCUT2D eigenvalue weighted by Gasteiger charge is -2.16. The first-order valence-electron chi connectivity index (χ1n) is 9.03. The molecule has 1 aliphatic heterocycles. The van der Waals surface area contributed by atoms with Crippen molar-refractivity contribution in [2.24, 2.45) is 0 Å². The molecule has 0 aromatic carbocycles. The highest BCUT2D eigenvalue weighted by Gasteiger charge is 2.35. The van der Waals surface area contributed by atoms with Crippen LogP contribution >= 0.6 is 0 Å². The Morgan fingerprint density at radius 1 is 1.21 bits per heavy atom. The number of aliphatic carboxylic acids is 1. The van der Waals surface area contributed by atoms with Crippen LogP contribution in [0.3, 0.4) is 0 Å². The molecule has 0 aromatic heterocycles. The first-order chi connectivity index (χ1) is 11.4. The van der Waals surface area contributed by atoms with Crippen LogP contribution in [0.1, 0.15) is 64.7 Å². The Bertz CT molecular complexity index is 384. The summed E-state index contributed by atoms with van der Waals surface area (Å²) < 4.78 is 5.62. The topological polar surface area (TPSA) is 107 Å². The molecule has 24 heavy (non-hydrogen) atoms. The van der Waals surface area contributed by atoms with Gasteiger partial charge in [0.25, 0.3) is 0 Å². The lowest BCUT2D eigenvalue weighted by molar-refractivity contribution is -0.137. The van der Waals surface area contributed by atoms with Gasteiger partial charge in [0.2, 0.25) is 0 Å². The van der Waals surface area contributed by atoms with E-state index >= 15 is 0 Å². The van der Waals surface area contributed by atoms with Crippen molar-refractivity contribution in [3.8, 4) is 0 Å². The van der Waals surface area contributed by atoms with E-state index in [0.29, 0.717) is 25.7 Å². The minimum absolute atomic E-state index is 0.225. The number of ether oxygens (including phenoxy) is 1. The number of aliphatic hydroxyl groups is 3. The highest BCUT2D eigenvalue weighted by atomic mass is 16.5. The van der Waals surface area contributed by atoms with Crippen LogP contribution in [0.4, 0.5) is 0 Å². The Kier molecular flexibility index (Phi) is 10.2. The first kappa shape index (κ1) is 21.1. The van der Waals surface area contributed by atoms with Gasteiger partial charge in [-0.25, -0.2) is 0 Å². The molecule has 0 unspecified atom stereocenters. The Morgan fingerprint density at radius 3 is 2.54 bits per heavy atom. The van der Waals surface area contributed by atoms with Crippen molar-refractivity contribution in [2.75, 3.05) is 0 Å². The molecule has 0 bridgehead atoms. The summed E-state index contributed by atoms with van der Waals surface area (Å²) in [7, 11) is 0. The van der Waals surface area contributed by atoms with Crippen LogP contribution in [0, 0.1) is 0 Å². The molecule has 1 heterocycles. The number of hydrogen-bond acceptors (Lipinski definition) is 5. The summed E-state index contributed by atoms with van der Waals surface area (Å²) >= 11 is 0. The third kappa shape index (κ3) is 8.24. The van der Waals surface area contributed by atoms with E-state index in [9.17, 15) is 20.1 Å². The fourth-order valence-electron chi connectivity index (χ4n) is 2.90. The minimum Gasteiger partial charge on any atom is -0.481 e. The minimum atomic E-state index is -0.749. The van der Waals surface area contributed by atoms with E-state index in [2.05, 4.69) is 0 Å². The summed E-state index contributed by atoms with van der Waals surface area (Å²) in [4.78, 5) is 10.4. The Morgan fingerprint density at radius 2 is 1.88 bits per heavy atom. The van der Waals surface area contributed by atoms with E-state index in [4.69, 9.17) is 9.84 Å². The monoisotopic (exact) mass is 344 g/mol. The summed E-state index contributed by atoms with van der Waals surface area (Å²) in [6.45, 7) is 1.87. The van der Waals surface area contributed by atoms with E-state index in [1.54, 1.807) is 12.2 Å². The van der Waals surface area contributed by atoms with E-state index in [1.807, 2.05) is 6.92 Å². The molecule has 1 aliphatic rings. The van der Waals surface area contributed by atoms with Gasteiger partial charge in [0.05, 0.1) is 24.4 Å². The zero-order valence-corrected chi connectivity index (χ0v) is 14.5. The lowest BCUT2D eigenvalue weighted by Crippen LogP contribution is -2.25. The average Bonchev–Trinajstić information content (AvgIpc) is 2.92. The molecule has 0 radical (unpaired) electrons. The van der Waals surface area contributed by atoms with Gasteiger partial charge in [-0.05, 0) is 19.3 Å². The van der Waals surface area contributed by atoms with Crippen molar-refractivity contribution in [3.63, 3.8) is 0 Å². The van der Waals surface area contributed by atoms with Crippen LogP contribution in [0.5, 0.6) is 0 Å². The second-order valence-corrected chi connectivity index (χ2v) is 6.57. The normalized spacial score (nSPS) is 26.8. The van der Waals surface area contributed by atoms with Crippen LogP contribution in [0.2, 0.25) is 0 Å². The molecule has 0 saturated carbocycles. The molecular weight excluding hydrogens is 312 g/mol. The SMILES string of the molecule is CC[C@@H](O)[C@@H]1C[C@H](O)[C@@H](/C=C/[C@@H](O)CCCCCCCC(=O)O)O1. The smallest absolute Gasteiger partial charge is 0.303 e. The van der Waals surface area contributed by atoms with Gasteiger partial charge in [-0.3, -0.25) is 4.79 Å². The number of hydrogen-bond donors (Lipinski definition) is 4. The number of carbonyl (C=O) groups is 1. The number of rotatable bonds is 12. The van der Waals surface area contributed by atoms with Crippen molar-refractivity contribution in [2.45, 2.75) is 95.2 Å². The van der Waals surface area contributed by atoms with Crippen LogP contribution in [0.15, 0.2) is 12.2 Å². The summed E-state index contributed by atoms with van der Waals surface area (Å²) in [5.41, 5.74) is 0. The molecule has 6 nitrogen and oxygen atoms in total. The molecule has 1 rings (SSSR count). The number of unbranched alkanes of at least 4 members (excludes halogenated alkanes) is 4. The molecule has 0 aliphatic carbocycles. The summed E-state index contributed by atoms with van der Waals surface area (Å²) in [6.07, 6.45) is 7.04. The van der Waals surface area contributed by atoms with Gasteiger partial charge in [-0.1, -0.05) is 44.8 Å². The first-order valence-corrected chi connectivity index (χ1v) is 9.03. The summed E-state index contributed by atoms with van der Waals surface area (Å²) in [5, 5.41) is 38.2. The largest absolute Gasteiger partial charge is 0.481 e. The van der Waals surface area contributed by atoms with Crippen LogP contribution in [-0.4, -0.2) is 56.9 Å². The third-order valence-electron chi connectivity index (χ3n) is 4.45. The van der Waals surface area contributed by atoms with Gasteiger partial charge in [0.15, 0.2) is 0 Å². The maximum absolute atomic E-state index is 10.4. The predicted octanol–water partition coefficient (Wildman–Crippen LogP) is 2.01. The van der Waals surface area contributed by atoms with Crippen LogP contribution < -0.4 is 0 Å². The van der Waals surface area contributed by atoms with Crippen molar-refractivity contribution in [3.05, 3.63) is 12.2 Å². The molecule has 1 fully saturated rings. The quantitative estimate of drug-likeness (QED) is 0.319. The maximum atomic E-state index is 10.4. The van der Waals surface area contributed by atoms with Gasteiger partial charge in [0, 0.05) is 12.8 Å². The molecule has 0 aromatic rings. The van der Waals surface area contributed by atoms with Gasteiger partial charge in [-0.15, -0.1) is 0 Å².